The normalized spacial score (nSPS) is 18.4. The number of hydrogen-bond acceptors (Lipinski definition) is 4. The Morgan fingerprint density at radius 2 is 2.05 bits per heavy atom. The molecule has 19 heavy (non-hydrogen) atoms. The highest BCUT2D eigenvalue weighted by Crippen LogP contribution is 2.29. The van der Waals surface area contributed by atoms with Crippen LogP contribution in [0.2, 0.25) is 0 Å². The van der Waals surface area contributed by atoms with Gasteiger partial charge in [-0.05, 0) is 25.0 Å². The zero-order chi connectivity index (χ0) is 13.9. The lowest BCUT2D eigenvalue weighted by Crippen LogP contribution is -2.40. The number of nitrogens with one attached hydrogen (secondary N) is 1. The zero-order valence-corrected chi connectivity index (χ0v) is 11.7. The van der Waals surface area contributed by atoms with E-state index >= 15 is 0 Å². The van der Waals surface area contributed by atoms with Crippen LogP contribution in [0, 0.1) is 0 Å². The summed E-state index contributed by atoms with van der Waals surface area (Å²) in [4.78, 5) is 0.147. The number of sulfonamides is 1. The second-order valence-electron chi connectivity index (χ2n) is 4.93. The van der Waals surface area contributed by atoms with E-state index in [9.17, 15) is 13.5 Å². The van der Waals surface area contributed by atoms with Gasteiger partial charge in [-0.25, -0.2) is 13.1 Å². The standard InChI is InChI=1S/C13H19NO4S/c1-18-11-5-4-6-12(9-11)19(16,17)14-10-13(15)7-2-3-8-13/h4-6,9,14-15H,2-3,7-8,10H2,1H3. The quantitative estimate of drug-likeness (QED) is 0.854. The van der Waals surface area contributed by atoms with Crippen LogP contribution < -0.4 is 9.46 Å². The summed E-state index contributed by atoms with van der Waals surface area (Å²) in [5.74, 6) is 0.488. The van der Waals surface area contributed by atoms with Gasteiger partial charge in [0.15, 0.2) is 0 Å². The number of aliphatic hydroxyl groups is 1. The van der Waals surface area contributed by atoms with Crippen molar-refractivity contribution in [3.8, 4) is 5.75 Å². The summed E-state index contributed by atoms with van der Waals surface area (Å²) in [6.45, 7) is 0.0620. The maximum atomic E-state index is 12.1. The topological polar surface area (TPSA) is 75.6 Å². The SMILES string of the molecule is COc1cccc(S(=O)(=O)NCC2(O)CCCC2)c1. The summed E-state index contributed by atoms with van der Waals surface area (Å²) in [6.07, 6.45) is 3.18. The highest BCUT2D eigenvalue weighted by molar-refractivity contribution is 7.89. The highest BCUT2D eigenvalue weighted by atomic mass is 32.2. The minimum absolute atomic E-state index is 0.0620. The Morgan fingerprint density at radius 1 is 1.37 bits per heavy atom. The first-order valence-corrected chi connectivity index (χ1v) is 7.80. The van der Waals surface area contributed by atoms with Crippen LogP contribution in [0.25, 0.3) is 0 Å². The molecule has 6 heteroatoms. The monoisotopic (exact) mass is 285 g/mol. The van der Waals surface area contributed by atoms with Crippen LogP contribution in [0.15, 0.2) is 29.2 Å². The third-order valence-corrected chi connectivity index (χ3v) is 4.88. The average Bonchev–Trinajstić information content (AvgIpc) is 2.84. The molecular formula is C13H19NO4S. The van der Waals surface area contributed by atoms with Crippen molar-refractivity contribution in [3.63, 3.8) is 0 Å². The molecule has 0 amide bonds. The van der Waals surface area contributed by atoms with Crippen LogP contribution in [0.3, 0.4) is 0 Å². The molecular weight excluding hydrogens is 266 g/mol. The highest BCUT2D eigenvalue weighted by Gasteiger charge is 2.32. The number of benzene rings is 1. The average molecular weight is 285 g/mol. The minimum Gasteiger partial charge on any atom is -0.497 e. The van der Waals surface area contributed by atoms with E-state index in [2.05, 4.69) is 4.72 Å². The summed E-state index contributed by atoms with van der Waals surface area (Å²) in [5, 5.41) is 10.2. The van der Waals surface area contributed by atoms with Gasteiger partial charge in [0.1, 0.15) is 5.75 Å². The first-order valence-electron chi connectivity index (χ1n) is 6.31. The molecule has 0 saturated heterocycles. The van der Waals surface area contributed by atoms with Gasteiger partial charge in [0, 0.05) is 12.6 Å². The van der Waals surface area contributed by atoms with Gasteiger partial charge in [-0.1, -0.05) is 18.9 Å². The summed E-state index contributed by atoms with van der Waals surface area (Å²) < 4.78 is 31.7. The maximum Gasteiger partial charge on any atom is 0.240 e. The lowest BCUT2D eigenvalue weighted by Gasteiger charge is -2.22. The summed E-state index contributed by atoms with van der Waals surface area (Å²) in [7, 11) is -2.12. The van der Waals surface area contributed by atoms with Crippen molar-refractivity contribution < 1.29 is 18.3 Å². The van der Waals surface area contributed by atoms with E-state index in [1.54, 1.807) is 12.1 Å². The first kappa shape index (κ1) is 14.3. The number of ether oxygens (including phenoxy) is 1. The van der Waals surface area contributed by atoms with Crippen molar-refractivity contribution >= 4 is 10.0 Å². The van der Waals surface area contributed by atoms with Gasteiger partial charge in [0.05, 0.1) is 17.6 Å². The van der Waals surface area contributed by atoms with E-state index in [0.29, 0.717) is 18.6 Å². The minimum atomic E-state index is -3.61. The third-order valence-electron chi connectivity index (χ3n) is 3.48. The van der Waals surface area contributed by atoms with Crippen molar-refractivity contribution in [2.45, 2.75) is 36.2 Å². The van der Waals surface area contributed by atoms with Gasteiger partial charge in [-0.3, -0.25) is 0 Å². The Morgan fingerprint density at radius 3 is 2.68 bits per heavy atom. The van der Waals surface area contributed by atoms with Gasteiger partial charge < -0.3 is 9.84 Å². The molecule has 0 aromatic heterocycles. The largest absolute Gasteiger partial charge is 0.497 e. The van der Waals surface area contributed by atoms with Crippen molar-refractivity contribution in [1.29, 1.82) is 0 Å². The van der Waals surface area contributed by atoms with Gasteiger partial charge in [-0.2, -0.15) is 0 Å². The summed E-state index contributed by atoms with van der Waals surface area (Å²) in [6, 6.07) is 6.27. The van der Waals surface area contributed by atoms with Crippen LogP contribution in [-0.4, -0.2) is 32.8 Å². The molecule has 0 aliphatic heterocycles. The first-order chi connectivity index (χ1) is 8.95. The zero-order valence-electron chi connectivity index (χ0n) is 10.9. The number of methoxy groups -OCH3 is 1. The van der Waals surface area contributed by atoms with Crippen molar-refractivity contribution in [1.82, 2.24) is 4.72 Å². The molecule has 0 unspecified atom stereocenters. The second kappa shape index (κ2) is 5.48. The molecule has 1 aliphatic carbocycles. The van der Waals surface area contributed by atoms with E-state index in [4.69, 9.17) is 4.74 Å². The Labute approximate surface area is 113 Å². The van der Waals surface area contributed by atoms with Crippen LogP contribution >= 0.6 is 0 Å². The third kappa shape index (κ3) is 3.46. The Bertz CT molecular complexity index is 535. The molecule has 1 saturated carbocycles. The Hall–Kier alpha value is -1.11. The number of rotatable bonds is 5. The Balaban J connectivity index is 2.09. The molecule has 0 atom stereocenters. The van der Waals surface area contributed by atoms with Crippen LogP contribution in [0.1, 0.15) is 25.7 Å². The lowest BCUT2D eigenvalue weighted by molar-refractivity contribution is 0.0532. The molecule has 0 bridgehead atoms. The van der Waals surface area contributed by atoms with Gasteiger partial charge in [0.25, 0.3) is 0 Å². The van der Waals surface area contributed by atoms with Gasteiger partial charge in [-0.15, -0.1) is 0 Å². The molecule has 0 spiro atoms. The molecule has 1 aromatic rings. The molecule has 0 radical (unpaired) electrons. The predicted octanol–water partition coefficient (Wildman–Crippen LogP) is 1.28. The molecule has 2 N–H and O–H groups in total. The lowest BCUT2D eigenvalue weighted by atomic mass is 10.0. The Kier molecular flexibility index (Phi) is 4.13. The number of hydrogen-bond donors (Lipinski definition) is 2. The fourth-order valence-corrected chi connectivity index (χ4v) is 3.45. The summed E-state index contributed by atoms with van der Waals surface area (Å²) in [5.41, 5.74) is -0.897. The molecule has 1 aromatic carbocycles. The predicted molar refractivity (Wildman–Crippen MR) is 71.6 cm³/mol. The van der Waals surface area contributed by atoms with Crippen molar-refractivity contribution in [2.75, 3.05) is 13.7 Å². The van der Waals surface area contributed by atoms with Crippen LogP contribution in [-0.2, 0) is 10.0 Å². The summed E-state index contributed by atoms with van der Waals surface area (Å²) >= 11 is 0. The van der Waals surface area contributed by atoms with E-state index in [0.717, 1.165) is 12.8 Å². The molecule has 1 fully saturated rings. The van der Waals surface area contributed by atoms with E-state index in [-0.39, 0.29) is 11.4 Å². The van der Waals surface area contributed by atoms with Crippen LogP contribution in [0.5, 0.6) is 5.75 Å². The fraction of sp³-hybridized carbons (Fsp3) is 0.538. The van der Waals surface area contributed by atoms with Crippen molar-refractivity contribution in [3.05, 3.63) is 24.3 Å². The molecule has 2 rings (SSSR count). The molecule has 106 valence electrons. The van der Waals surface area contributed by atoms with E-state index in [1.165, 1.54) is 19.2 Å². The van der Waals surface area contributed by atoms with Gasteiger partial charge >= 0.3 is 0 Å². The molecule has 5 nitrogen and oxygen atoms in total. The van der Waals surface area contributed by atoms with E-state index in [1.807, 2.05) is 0 Å². The fourth-order valence-electron chi connectivity index (χ4n) is 2.29. The smallest absolute Gasteiger partial charge is 0.240 e. The molecule has 1 aliphatic rings. The van der Waals surface area contributed by atoms with E-state index < -0.39 is 15.6 Å². The second-order valence-corrected chi connectivity index (χ2v) is 6.70. The maximum absolute atomic E-state index is 12.1. The van der Waals surface area contributed by atoms with Crippen LogP contribution in [0.4, 0.5) is 0 Å². The van der Waals surface area contributed by atoms with Crippen molar-refractivity contribution in [2.24, 2.45) is 0 Å². The van der Waals surface area contributed by atoms with Gasteiger partial charge in [0.2, 0.25) is 10.0 Å². The molecule has 0 heterocycles.